The fourth-order valence-electron chi connectivity index (χ4n) is 3.79. The van der Waals surface area contributed by atoms with Crippen LogP contribution >= 0.6 is 11.6 Å². The van der Waals surface area contributed by atoms with Gasteiger partial charge in [0.25, 0.3) is 0 Å². The first-order valence-electron chi connectivity index (χ1n) is 9.17. The second-order valence-electron chi connectivity index (χ2n) is 6.98. The third-order valence-electron chi connectivity index (χ3n) is 5.49. The molecule has 0 radical (unpaired) electrons. The van der Waals surface area contributed by atoms with Crippen LogP contribution in [0.25, 0.3) is 0 Å². The minimum atomic E-state index is -0.397. The number of carbonyl (C=O) groups is 1. The van der Waals surface area contributed by atoms with E-state index in [0.717, 1.165) is 64.6 Å². The van der Waals surface area contributed by atoms with Gasteiger partial charge in [-0.3, -0.25) is 14.6 Å². The lowest BCUT2D eigenvalue weighted by atomic mass is 9.97. The molecule has 1 amide bonds. The molecule has 2 fully saturated rings. The Hall–Kier alpha value is -1.14. The van der Waals surface area contributed by atoms with Crippen molar-refractivity contribution in [3.8, 4) is 0 Å². The second kappa shape index (κ2) is 8.04. The molecule has 1 atom stereocenters. The van der Waals surface area contributed by atoms with E-state index in [-0.39, 0.29) is 5.91 Å². The summed E-state index contributed by atoms with van der Waals surface area (Å²) < 4.78 is 5.45. The molecule has 1 unspecified atom stereocenters. The Morgan fingerprint density at radius 3 is 2.44 bits per heavy atom. The largest absolute Gasteiger partial charge is 0.380 e. The van der Waals surface area contributed by atoms with Crippen LogP contribution in [0, 0.1) is 0 Å². The first kappa shape index (κ1) is 18.6. The van der Waals surface area contributed by atoms with Crippen LogP contribution in [-0.2, 0) is 9.53 Å². The highest BCUT2D eigenvalue weighted by atomic mass is 35.5. The summed E-state index contributed by atoms with van der Waals surface area (Å²) in [5.74, 6) is 0.206. The molecule has 6 heteroatoms. The fraction of sp³-hybridized carbons (Fsp3) is 0.632. The number of benzene rings is 1. The molecule has 2 aliphatic rings. The lowest BCUT2D eigenvalue weighted by molar-refractivity contribution is -0.128. The number of hydrogen-bond donors (Lipinski definition) is 0. The number of halogens is 1. The summed E-state index contributed by atoms with van der Waals surface area (Å²) in [5.41, 5.74) is 0.541. The van der Waals surface area contributed by atoms with Crippen molar-refractivity contribution in [1.29, 1.82) is 0 Å². The molecule has 0 aromatic heterocycles. The molecular weight excluding hydrogens is 338 g/mol. The third kappa shape index (κ3) is 4.00. The number of anilines is 1. The zero-order chi connectivity index (χ0) is 17.9. The number of nitrogens with zero attached hydrogens (tertiary/aromatic N) is 3. The van der Waals surface area contributed by atoms with E-state index in [4.69, 9.17) is 16.3 Å². The molecule has 138 valence electrons. The topological polar surface area (TPSA) is 36.0 Å². The SMILES string of the molecule is CCOCCN1CCN(C2(C)CCN(c3ccc(Cl)cc3)C2=O)CC1. The van der Waals surface area contributed by atoms with Gasteiger partial charge in [-0.15, -0.1) is 0 Å². The number of hydrogen-bond acceptors (Lipinski definition) is 4. The van der Waals surface area contributed by atoms with E-state index in [0.29, 0.717) is 5.02 Å². The molecule has 2 saturated heterocycles. The fourth-order valence-corrected chi connectivity index (χ4v) is 3.92. The predicted molar refractivity (Wildman–Crippen MR) is 101 cm³/mol. The molecule has 2 aliphatic heterocycles. The highest BCUT2D eigenvalue weighted by Crippen LogP contribution is 2.33. The quantitative estimate of drug-likeness (QED) is 0.726. The molecule has 1 aromatic rings. The van der Waals surface area contributed by atoms with Crippen LogP contribution in [0.5, 0.6) is 0 Å². The zero-order valence-corrected chi connectivity index (χ0v) is 16.0. The van der Waals surface area contributed by atoms with Gasteiger partial charge >= 0.3 is 0 Å². The maximum absolute atomic E-state index is 13.1. The molecular formula is C19H28ClN3O2. The summed E-state index contributed by atoms with van der Waals surface area (Å²) in [7, 11) is 0. The molecule has 0 spiro atoms. The van der Waals surface area contributed by atoms with Crippen molar-refractivity contribution in [2.45, 2.75) is 25.8 Å². The van der Waals surface area contributed by atoms with E-state index < -0.39 is 5.54 Å². The molecule has 3 rings (SSSR count). The Kier molecular flexibility index (Phi) is 6.00. The monoisotopic (exact) mass is 365 g/mol. The van der Waals surface area contributed by atoms with Crippen molar-refractivity contribution in [1.82, 2.24) is 9.80 Å². The number of rotatable bonds is 6. The highest BCUT2D eigenvalue weighted by Gasteiger charge is 2.48. The molecule has 5 nitrogen and oxygen atoms in total. The van der Waals surface area contributed by atoms with Crippen LogP contribution in [0.4, 0.5) is 5.69 Å². The van der Waals surface area contributed by atoms with Crippen molar-refractivity contribution in [3.05, 3.63) is 29.3 Å². The van der Waals surface area contributed by atoms with Crippen LogP contribution in [0.15, 0.2) is 24.3 Å². The van der Waals surface area contributed by atoms with Gasteiger partial charge in [0.1, 0.15) is 0 Å². The van der Waals surface area contributed by atoms with Crippen LogP contribution < -0.4 is 4.90 Å². The van der Waals surface area contributed by atoms with Crippen molar-refractivity contribution in [2.75, 3.05) is 57.4 Å². The van der Waals surface area contributed by atoms with Crippen LogP contribution in [0.2, 0.25) is 5.02 Å². The molecule has 1 aromatic carbocycles. The van der Waals surface area contributed by atoms with E-state index in [1.165, 1.54) is 0 Å². The number of carbonyl (C=O) groups excluding carboxylic acids is 1. The Morgan fingerprint density at radius 2 is 1.80 bits per heavy atom. The van der Waals surface area contributed by atoms with E-state index in [9.17, 15) is 4.79 Å². The van der Waals surface area contributed by atoms with Crippen LogP contribution in [-0.4, -0.2) is 73.7 Å². The molecule has 2 heterocycles. The predicted octanol–water partition coefficient (Wildman–Crippen LogP) is 2.49. The first-order chi connectivity index (χ1) is 12.0. The summed E-state index contributed by atoms with van der Waals surface area (Å²) >= 11 is 5.97. The van der Waals surface area contributed by atoms with E-state index in [2.05, 4.69) is 16.7 Å². The number of amides is 1. The average molecular weight is 366 g/mol. The minimum absolute atomic E-state index is 0.206. The Bertz CT molecular complexity index is 587. The van der Waals surface area contributed by atoms with Gasteiger partial charge in [0.2, 0.25) is 5.91 Å². The normalized spacial score (nSPS) is 25.7. The summed E-state index contributed by atoms with van der Waals surface area (Å²) in [4.78, 5) is 19.8. The molecule has 0 saturated carbocycles. The smallest absolute Gasteiger partial charge is 0.247 e. The summed E-state index contributed by atoms with van der Waals surface area (Å²) in [5, 5.41) is 0.696. The van der Waals surface area contributed by atoms with Gasteiger partial charge in [-0.05, 0) is 44.5 Å². The van der Waals surface area contributed by atoms with E-state index in [1.54, 1.807) is 0 Å². The summed E-state index contributed by atoms with van der Waals surface area (Å²) in [6.07, 6.45) is 0.868. The standard InChI is InChI=1S/C19H28ClN3O2/c1-3-25-15-14-21-10-12-22(13-11-21)19(2)8-9-23(18(19)24)17-6-4-16(20)5-7-17/h4-7H,3,8-15H2,1-2H3. The Morgan fingerprint density at radius 1 is 1.12 bits per heavy atom. The van der Waals surface area contributed by atoms with Gasteiger partial charge in [-0.1, -0.05) is 11.6 Å². The lowest BCUT2D eigenvalue weighted by Crippen LogP contribution is -2.59. The summed E-state index contributed by atoms with van der Waals surface area (Å²) in [6, 6.07) is 7.54. The molecule has 0 bridgehead atoms. The molecule has 0 aliphatic carbocycles. The number of ether oxygens (including phenoxy) is 1. The van der Waals surface area contributed by atoms with Gasteiger partial charge < -0.3 is 9.64 Å². The van der Waals surface area contributed by atoms with Gasteiger partial charge in [0, 0.05) is 56.6 Å². The van der Waals surface area contributed by atoms with Gasteiger partial charge in [0.15, 0.2) is 0 Å². The second-order valence-corrected chi connectivity index (χ2v) is 7.42. The van der Waals surface area contributed by atoms with E-state index >= 15 is 0 Å². The summed E-state index contributed by atoms with van der Waals surface area (Å²) in [6.45, 7) is 11.3. The first-order valence-corrected chi connectivity index (χ1v) is 9.55. The van der Waals surface area contributed by atoms with Crippen molar-refractivity contribution in [2.24, 2.45) is 0 Å². The third-order valence-corrected chi connectivity index (χ3v) is 5.74. The van der Waals surface area contributed by atoms with Crippen molar-refractivity contribution >= 4 is 23.2 Å². The average Bonchev–Trinajstić information content (AvgIpc) is 2.93. The van der Waals surface area contributed by atoms with E-state index in [1.807, 2.05) is 36.1 Å². The molecule has 0 N–H and O–H groups in total. The van der Waals surface area contributed by atoms with Crippen molar-refractivity contribution in [3.63, 3.8) is 0 Å². The van der Waals surface area contributed by atoms with Gasteiger partial charge in [-0.2, -0.15) is 0 Å². The van der Waals surface area contributed by atoms with Crippen molar-refractivity contribution < 1.29 is 9.53 Å². The minimum Gasteiger partial charge on any atom is -0.380 e. The Labute approximate surface area is 155 Å². The maximum atomic E-state index is 13.1. The molecule has 25 heavy (non-hydrogen) atoms. The number of piperazine rings is 1. The van der Waals surface area contributed by atoms with Gasteiger partial charge in [0.05, 0.1) is 12.1 Å². The lowest BCUT2D eigenvalue weighted by Gasteiger charge is -2.42. The Balaban J connectivity index is 1.59. The highest BCUT2D eigenvalue weighted by molar-refractivity contribution is 6.30. The van der Waals surface area contributed by atoms with Crippen LogP contribution in [0.3, 0.4) is 0 Å². The zero-order valence-electron chi connectivity index (χ0n) is 15.2. The van der Waals surface area contributed by atoms with Gasteiger partial charge in [-0.25, -0.2) is 0 Å². The maximum Gasteiger partial charge on any atom is 0.247 e. The van der Waals surface area contributed by atoms with Crippen LogP contribution in [0.1, 0.15) is 20.3 Å².